The monoisotopic (exact) mass is 554 g/mol. The average molecular weight is 555 g/mol. The fraction of sp³-hybridized carbons (Fsp3) is 0.424. The van der Waals surface area contributed by atoms with Crippen LogP contribution in [0.25, 0.3) is 11.1 Å². The number of aliphatic carboxylic acids is 1. The Kier molecular flexibility index (Phi) is 7.94. The van der Waals surface area contributed by atoms with Crippen LogP contribution in [0.2, 0.25) is 0 Å². The van der Waals surface area contributed by atoms with Crippen molar-refractivity contribution in [1.82, 2.24) is 0 Å². The van der Waals surface area contributed by atoms with Gasteiger partial charge in [0.25, 0.3) is 6.43 Å². The summed E-state index contributed by atoms with van der Waals surface area (Å²) in [4.78, 5) is 11.4. The first-order valence-electron chi connectivity index (χ1n) is 13.9. The molecule has 212 valence electrons. The lowest BCUT2D eigenvalue weighted by Crippen LogP contribution is -2.17. The van der Waals surface area contributed by atoms with Crippen molar-refractivity contribution >= 4 is 5.97 Å². The fourth-order valence-corrected chi connectivity index (χ4v) is 6.33. The van der Waals surface area contributed by atoms with Gasteiger partial charge in [0.15, 0.2) is 11.6 Å². The SMILES string of the molecule is CC1(C)CCCC1c1cc(COc2cccc([C@H](CC(=O)O)C3CC3)c2F)ccc1-c1cc(C(F)F)ccc1F. The van der Waals surface area contributed by atoms with E-state index in [9.17, 15) is 23.1 Å². The predicted octanol–water partition coefficient (Wildman–Crippen LogP) is 9.41. The van der Waals surface area contributed by atoms with Gasteiger partial charge in [-0.25, -0.2) is 17.6 Å². The van der Waals surface area contributed by atoms with E-state index in [4.69, 9.17) is 4.74 Å². The van der Waals surface area contributed by atoms with Crippen molar-refractivity contribution in [3.63, 3.8) is 0 Å². The van der Waals surface area contributed by atoms with Gasteiger partial charge in [-0.15, -0.1) is 0 Å². The minimum absolute atomic E-state index is 0.0490. The molecule has 2 aliphatic rings. The standard InChI is InChI=1S/C33H34F4O3/c1-33(2)14-4-6-27(33)25-15-19(8-12-22(25)26-16-21(32(36)37)11-13-28(26)34)18-40-29-7-3-5-23(31(29)35)24(17-30(38)39)20-9-10-20/h3,5,7-8,11-13,15-16,20,24,27,32H,4,6,9-10,14,17-18H2,1-2H3,(H,38,39)/t24-,27?/m1/s1. The topological polar surface area (TPSA) is 46.5 Å². The van der Waals surface area contributed by atoms with E-state index < -0.39 is 29.9 Å². The molecular weight excluding hydrogens is 520 g/mol. The Morgan fingerprint density at radius 2 is 1.80 bits per heavy atom. The normalized spacial score (nSPS) is 19.1. The summed E-state index contributed by atoms with van der Waals surface area (Å²) in [5.41, 5.74) is 2.42. The van der Waals surface area contributed by atoms with Crippen LogP contribution in [-0.2, 0) is 11.4 Å². The van der Waals surface area contributed by atoms with E-state index in [2.05, 4.69) is 13.8 Å². The number of ether oxygens (including phenoxy) is 1. The third-order valence-electron chi connectivity index (χ3n) is 8.65. The molecule has 5 rings (SSSR count). The van der Waals surface area contributed by atoms with Crippen molar-refractivity contribution in [2.24, 2.45) is 11.3 Å². The van der Waals surface area contributed by atoms with Gasteiger partial charge in [-0.2, -0.15) is 0 Å². The summed E-state index contributed by atoms with van der Waals surface area (Å²) in [5.74, 6) is -2.15. The van der Waals surface area contributed by atoms with E-state index in [1.165, 1.54) is 12.1 Å². The van der Waals surface area contributed by atoms with Crippen LogP contribution >= 0.6 is 0 Å². The molecule has 2 saturated carbocycles. The Balaban J connectivity index is 1.47. The number of carboxylic acid groups (broad SMARTS) is 1. The zero-order valence-electron chi connectivity index (χ0n) is 22.7. The maximum Gasteiger partial charge on any atom is 0.303 e. The van der Waals surface area contributed by atoms with Crippen molar-refractivity contribution in [3.05, 3.63) is 88.5 Å². The summed E-state index contributed by atoms with van der Waals surface area (Å²) in [6, 6.07) is 13.7. The highest BCUT2D eigenvalue weighted by Crippen LogP contribution is 2.51. The molecule has 2 atom stereocenters. The third-order valence-corrected chi connectivity index (χ3v) is 8.65. The van der Waals surface area contributed by atoms with Crippen molar-refractivity contribution in [1.29, 1.82) is 0 Å². The van der Waals surface area contributed by atoms with Crippen molar-refractivity contribution in [3.8, 4) is 16.9 Å². The predicted molar refractivity (Wildman–Crippen MR) is 146 cm³/mol. The van der Waals surface area contributed by atoms with Crippen molar-refractivity contribution in [2.75, 3.05) is 0 Å². The van der Waals surface area contributed by atoms with Crippen molar-refractivity contribution in [2.45, 2.75) is 77.2 Å². The smallest absolute Gasteiger partial charge is 0.303 e. The van der Waals surface area contributed by atoms with Crippen LogP contribution in [0.3, 0.4) is 0 Å². The molecular formula is C33H34F4O3. The molecule has 1 unspecified atom stereocenters. The molecule has 1 N–H and O–H groups in total. The zero-order valence-corrected chi connectivity index (χ0v) is 22.7. The van der Waals surface area contributed by atoms with Crippen LogP contribution in [0, 0.1) is 23.0 Å². The first-order chi connectivity index (χ1) is 19.0. The van der Waals surface area contributed by atoms with E-state index in [-0.39, 0.29) is 47.2 Å². The molecule has 3 nitrogen and oxygen atoms in total. The summed E-state index contributed by atoms with van der Waals surface area (Å²) in [6.07, 6.45) is 1.83. The molecule has 0 spiro atoms. The maximum absolute atomic E-state index is 15.5. The number of hydrogen-bond donors (Lipinski definition) is 1. The van der Waals surface area contributed by atoms with E-state index in [0.29, 0.717) is 11.1 Å². The lowest BCUT2D eigenvalue weighted by Gasteiger charge is -2.30. The van der Waals surface area contributed by atoms with E-state index in [0.717, 1.165) is 55.4 Å². The van der Waals surface area contributed by atoms with E-state index >= 15 is 4.39 Å². The Bertz CT molecular complexity index is 1400. The van der Waals surface area contributed by atoms with Gasteiger partial charge in [-0.05, 0) is 83.4 Å². The quantitative estimate of drug-likeness (QED) is 0.254. The molecule has 40 heavy (non-hydrogen) atoms. The second-order valence-corrected chi connectivity index (χ2v) is 11.9. The highest BCUT2D eigenvalue weighted by Gasteiger charge is 2.38. The zero-order chi connectivity index (χ0) is 28.6. The summed E-state index contributed by atoms with van der Waals surface area (Å²) in [7, 11) is 0. The summed E-state index contributed by atoms with van der Waals surface area (Å²) < 4.78 is 63.3. The van der Waals surface area contributed by atoms with Crippen LogP contribution in [-0.4, -0.2) is 11.1 Å². The van der Waals surface area contributed by atoms with Gasteiger partial charge in [0.2, 0.25) is 0 Å². The van der Waals surface area contributed by atoms with Gasteiger partial charge in [0.1, 0.15) is 12.4 Å². The Morgan fingerprint density at radius 3 is 2.45 bits per heavy atom. The number of alkyl halides is 2. The van der Waals surface area contributed by atoms with Crippen LogP contribution in [0.15, 0.2) is 54.6 Å². The molecule has 2 fully saturated rings. The number of rotatable bonds is 10. The number of halogens is 4. The molecule has 3 aromatic rings. The summed E-state index contributed by atoms with van der Waals surface area (Å²) in [5, 5.41) is 9.34. The molecule has 3 aromatic carbocycles. The number of carboxylic acids is 1. The van der Waals surface area contributed by atoms with Gasteiger partial charge in [0, 0.05) is 17.0 Å². The molecule has 0 saturated heterocycles. The molecule has 0 amide bonds. The van der Waals surface area contributed by atoms with Crippen LogP contribution in [0.4, 0.5) is 17.6 Å². The van der Waals surface area contributed by atoms with Crippen LogP contribution in [0.1, 0.15) is 92.9 Å². The number of hydrogen-bond acceptors (Lipinski definition) is 2. The molecule has 7 heteroatoms. The summed E-state index contributed by atoms with van der Waals surface area (Å²) >= 11 is 0. The minimum atomic E-state index is -2.71. The molecule has 0 aliphatic heterocycles. The summed E-state index contributed by atoms with van der Waals surface area (Å²) in [6.45, 7) is 4.38. The van der Waals surface area contributed by atoms with Crippen molar-refractivity contribution < 1.29 is 32.2 Å². The molecule has 0 bridgehead atoms. The fourth-order valence-electron chi connectivity index (χ4n) is 6.33. The largest absolute Gasteiger partial charge is 0.486 e. The van der Waals surface area contributed by atoms with E-state index in [1.54, 1.807) is 24.3 Å². The first-order valence-corrected chi connectivity index (χ1v) is 13.9. The second kappa shape index (κ2) is 11.3. The van der Waals surface area contributed by atoms with Crippen LogP contribution in [0.5, 0.6) is 5.75 Å². The Labute approximate surface area is 232 Å². The molecule has 2 aliphatic carbocycles. The van der Waals surface area contributed by atoms with Gasteiger partial charge in [-0.3, -0.25) is 4.79 Å². The van der Waals surface area contributed by atoms with E-state index in [1.807, 2.05) is 6.07 Å². The third kappa shape index (κ3) is 5.89. The minimum Gasteiger partial charge on any atom is -0.486 e. The van der Waals surface area contributed by atoms with Gasteiger partial charge >= 0.3 is 5.97 Å². The van der Waals surface area contributed by atoms with Gasteiger partial charge < -0.3 is 9.84 Å². The molecule has 0 aromatic heterocycles. The first kappa shape index (κ1) is 28.2. The van der Waals surface area contributed by atoms with Gasteiger partial charge in [-0.1, -0.05) is 56.7 Å². The average Bonchev–Trinajstić information content (AvgIpc) is 3.69. The highest BCUT2D eigenvalue weighted by atomic mass is 19.3. The molecule has 0 heterocycles. The number of carbonyl (C=O) groups is 1. The second-order valence-electron chi connectivity index (χ2n) is 11.9. The van der Waals surface area contributed by atoms with Crippen LogP contribution < -0.4 is 4.74 Å². The molecule has 0 radical (unpaired) electrons. The highest BCUT2D eigenvalue weighted by molar-refractivity contribution is 5.70. The van der Waals surface area contributed by atoms with Gasteiger partial charge in [0.05, 0.1) is 6.42 Å². The lowest BCUT2D eigenvalue weighted by atomic mass is 9.75. The maximum atomic E-state index is 15.5. The Morgan fingerprint density at radius 1 is 1.02 bits per heavy atom. The lowest BCUT2D eigenvalue weighted by molar-refractivity contribution is -0.137. The Hall–Kier alpha value is -3.35. The number of benzene rings is 3.